The van der Waals surface area contributed by atoms with Gasteiger partial charge < -0.3 is 5.11 Å². The summed E-state index contributed by atoms with van der Waals surface area (Å²) in [6.45, 7) is 0. The molecule has 0 bridgehead atoms. The van der Waals surface area contributed by atoms with Crippen LogP contribution in [0.5, 0.6) is 0 Å². The topological polar surface area (TPSA) is 63.1 Å². The first-order valence-corrected chi connectivity index (χ1v) is 6.38. The smallest absolute Gasteiger partial charge is 0.354 e. The third-order valence-electron chi connectivity index (χ3n) is 3.60. The van der Waals surface area contributed by atoms with Crippen LogP contribution >= 0.6 is 0 Å². The Morgan fingerprint density at radius 2 is 1.88 bits per heavy atom. The quantitative estimate of drug-likeness (QED) is 0.795. The van der Waals surface area contributed by atoms with Gasteiger partial charge in [0, 0.05) is 17.2 Å². The molecule has 4 heteroatoms. The number of nitrogens with zero attached hydrogens (tertiary/aromatic N) is 2. The normalized spacial score (nSPS) is 19.5. The van der Waals surface area contributed by atoms with Crippen molar-refractivity contribution in [3.05, 3.63) is 22.8 Å². The van der Waals surface area contributed by atoms with Crippen LogP contribution in [0.15, 0.2) is 0 Å². The highest BCUT2D eigenvalue weighted by molar-refractivity contribution is 5.87. The molecule has 0 unspecified atom stereocenters. The number of aromatic carboxylic acids is 1. The molecule has 0 aromatic carbocycles. The van der Waals surface area contributed by atoms with Gasteiger partial charge in [-0.1, -0.05) is 6.42 Å². The zero-order valence-electron chi connectivity index (χ0n) is 9.78. The van der Waals surface area contributed by atoms with E-state index in [2.05, 4.69) is 9.97 Å². The molecule has 0 radical (unpaired) electrons. The van der Waals surface area contributed by atoms with Crippen molar-refractivity contribution in [1.82, 2.24) is 9.97 Å². The second kappa shape index (κ2) is 4.09. The summed E-state index contributed by atoms with van der Waals surface area (Å²) in [7, 11) is 0. The van der Waals surface area contributed by atoms with Gasteiger partial charge in [0.25, 0.3) is 0 Å². The standard InChI is InChI=1S/C13H16N2O2/c16-13(17)11-9-4-2-1-3-5-10(9)14-12(15-11)8-6-7-8/h8H,1-7H2,(H,16,17). The molecule has 1 N–H and O–H groups in total. The number of carbonyl (C=O) groups is 1. The number of aromatic nitrogens is 2. The van der Waals surface area contributed by atoms with Crippen molar-refractivity contribution in [3.8, 4) is 0 Å². The van der Waals surface area contributed by atoms with E-state index >= 15 is 0 Å². The molecule has 0 saturated heterocycles. The molecule has 0 atom stereocenters. The Balaban J connectivity index is 2.10. The number of carboxylic acids is 1. The Morgan fingerprint density at radius 1 is 1.12 bits per heavy atom. The minimum Gasteiger partial charge on any atom is -0.477 e. The van der Waals surface area contributed by atoms with Crippen molar-refractivity contribution in [2.45, 2.75) is 50.9 Å². The molecular weight excluding hydrogens is 216 g/mol. The Hall–Kier alpha value is -1.45. The lowest BCUT2D eigenvalue weighted by molar-refractivity contribution is 0.0688. The minimum atomic E-state index is -0.896. The second-order valence-corrected chi connectivity index (χ2v) is 5.00. The largest absolute Gasteiger partial charge is 0.477 e. The van der Waals surface area contributed by atoms with E-state index in [1.54, 1.807) is 0 Å². The van der Waals surface area contributed by atoms with Crippen LogP contribution in [0.2, 0.25) is 0 Å². The van der Waals surface area contributed by atoms with Gasteiger partial charge in [-0.15, -0.1) is 0 Å². The van der Waals surface area contributed by atoms with E-state index in [9.17, 15) is 9.90 Å². The maximum Gasteiger partial charge on any atom is 0.354 e. The van der Waals surface area contributed by atoms with E-state index in [1.165, 1.54) is 0 Å². The van der Waals surface area contributed by atoms with Crippen molar-refractivity contribution < 1.29 is 9.90 Å². The van der Waals surface area contributed by atoms with Gasteiger partial charge in [-0.3, -0.25) is 0 Å². The molecule has 0 amide bonds. The van der Waals surface area contributed by atoms with Crippen LogP contribution in [0, 0.1) is 0 Å². The predicted octanol–water partition coefficient (Wildman–Crippen LogP) is 2.32. The van der Waals surface area contributed by atoms with Gasteiger partial charge in [0.05, 0.1) is 0 Å². The zero-order valence-corrected chi connectivity index (χ0v) is 9.78. The molecule has 2 aliphatic carbocycles. The molecule has 4 nitrogen and oxygen atoms in total. The minimum absolute atomic E-state index is 0.263. The molecule has 1 aromatic heterocycles. The summed E-state index contributed by atoms with van der Waals surface area (Å²) in [6, 6.07) is 0. The molecule has 3 rings (SSSR count). The summed E-state index contributed by atoms with van der Waals surface area (Å²) in [4.78, 5) is 20.2. The van der Waals surface area contributed by atoms with Crippen LogP contribution in [-0.2, 0) is 12.8 Å². The fourth-order valence-electron chi connectivity index (χ4n) is 2.49. The first kappa shape index (κ1) is 10.7. The number of hydrogen-bond donors (Lipinski definition) is 1. The Bertz CT molecular complexity index is 467. The van der Waals surface area contributed by atoms with Crippen LogP contribution in [0.4, 0.5) is 0 Å². The lowest BCUT2D eigenvalue weighted by atomic mass is 10.1. The van der Waals surface area contributed by atoms with Gasteiger partial charge in [0.1, 0.15) is 5.82 Å². The number of rotatable bonds is 2. The van der Waals surface area contributed by atoms with Crippen molar-refractivity contribution in [3.63, 3.8) is 0 Å². The van der Waals surface area contributed by atoms with Crippen LogP contribution in [0.1, 0.15) is 65.6 Å². The highest BCUT2D eigenvalue weighted by Gasteiger charge is 2.30. The van der Waals surface area contributed by atoms with Crippen LogP contribution in [-0.4, -0.2) is 21.0 Å². The summed E-state index contributed by atoms with van der Waals surface area (Å²) in [6.07, 6.45) is 7.29. The molecule has 1 heterocycles. The Labute approximate surface area is 100 Å². The number of fused-ring (bicyclic) bond motifs is 1. The van der Waals surface area contributed by atoms with Crippen molar-refractivity contribution in [2.75, 3.05) is 0 Å². The van der Waals surface area contributed by atoms with Gasteiger partial charge in [-0.25, -0.2) is 14.8 Å². The number of aryl methyl sites for hydroxylation is 1. The number of hydrogen-bond acceptors (Lipinski definition) is 3. The summed E-state index contributed by atoms with van der Waals surface area (Å²) in [5, 5.41) is 9.27. The zero-order chi connectivity index (χ0) is 11.8. The maximum atomic E-state index is 11.3. The Kier molecular flexibility index (Phi) is 2.57. The monoisotopic (exact) mass is 232 g/mol. The summed E-state index contributed by atoms with van der Waals surface area (Å²) in [5.41, 5.74) is 2.15. The maximum absolute atomic E-state index is 11.3. The van der Waals surface area contributed by atoms with Crippen molar-refractivity contribution in [2.24, 2.45) is 0 Å². The molecule has 90 valence electrons. The SMILES string of the molecule is O=C(O)c1nc(C2CC2)nc2c1CCCCC2. The fourth-order valence-corrected chi connectivity index (χ4v) is 2.49. The van der Waals surface area contributed by atoms with Gasteiger partial charge in [0.15, 0.2) is 5.69 Å². The van der Waals surface area contributed by atoms with E-state index in [-0.39, 0.29) is 5.69 Å². The summed E-state index contributed by atoms with van der Waals surface area (Å²) in [5.74, 6) is 0.289. The molecule has 1 saturated carbocycles. The average Bonchev–Trinajstić information content (AvgIpc) is 3.13. The third-order valence-corrected chi connectivity index (χ3v) is 3.60. The van der Waals surface area contributed by atoms with Gasteiger partial charge in [-0.2, -0.15) is 0 Å². The number of carboxylic acid groups (broad SMARTS) is 1. The summed E-state index contributed by atoms with van der Waals surface area (Å²) < 4.78 is 0. The lowest BCUT2D eigenvalue weighted by Gasteiger charge is -2.10. The van der Waals surface area contributed by atoms with Crippen molar-refractivity contribution >= 4 is 5.97 Å². The first-order valence-electron chi connectivity index (χ1n) is 6.38. The molecule has 17 heavy (non-hydrogen) atoms. The molecule has 1 aromatic rings. The van der Waals surface area contributed by atoms with Gasteiger partial charge >= 0.3 is 5.97 Å². The molecule has 0 spiro atoms. The van der Waals surface area contributed by atoms with E-state index < -0.39 is 5.97 Å². The molecular formula is C13H16N2O2. The molecule has 2 aliphatic rings. The van der Waals surface area contributed by atoms with Crippen LogP contribution in [0.25, 0.3) is 0 Å². The predicted molar refractivity (Wildman–Crippen MR) is 62.2 cm³/mol. The molecule has 1 fully saturated rings. The van der Waals surface area contributed by atoms with E-state index in [0.717, 1.165) is 62.0 Å². The van der Waals surface area contributed by atoms with Gasteiger partial charge in [-0.05, 0) is 38.5 Å². The third kappa shape index (κ3) is 2.04. The fraction of sp³-hybridized carbons (Fsp3) is 0.615. The Morgan fingerprint density at radius 3 is 2.59 bits per heavy atom. The van der Waals surface area contributed by atoms with E-state index in [1.807, 2.05) is 0 Å². The summed E-state index contributed by atoms with van der Waals surface area (Å²) >= 11 is 0. The van der Waals surface area contributed by atoms with Crippen LogP contribution < -0.4 is 0 Å². The second-order valence-electron chi connectivity index (χ2n) is 5.00. The highest BCUT2D eigenvalue weighted by atomic mass is 16.4. The highest BCUT2D eigenvalue weighted by Crippen LogP contribution is 2.39. The molecule has 0 aliphatic heterocycles. The lowest BCUT2D eigenvalue weighted by Crippen LogP contribution is -2.13. The van der Waals surface area contributed by atoms with Crippen LogP contribution in [0.3, 0.4) is 0 Å². The van der Waals surface area contributed by atoms with E-state index in [0.29, 0.717) is 5.92 Å². The average molecular weight is 232 g/mol. The first-order chi connectivity index (χ1) is 8.25. The van der Waals surface area contributed by atoms with Crippen molar-refractivity contribution in [1.29, 1.82) is 0 Å². The van der Waals surface area contributed by atoms with Gasteiger partial charge in [0.2, 0.25) is 0 Å². The van der Waals surface area contributed by atoms with E-state index in [4.69, 9.17) is 0 Å².